The minimum atomic E-state index is -4.43. The van der Waals surface area contributed by atoms with Crippen molar-refractivity contribution in [2.24, 2.45) is 0 Å². The zero-order valence-electron chi connectivity index (χ0n) is 10.3. The number of aromatic nitrogens is 3. The minimum absolute atomic E-state index is 0.161. The Balaban J connectivity index is 2.03. The standard InChI is InChI=1S/C14H10F3N3/c15-14(16,17)12-6-7-18-20-9-11(19-13(12)20)8-10-4-2-1-3-5-10/h1-7,9H,8H2. The summed E-state index contributed by atoms with van der Waals surface area (Å²) in [6.45, 7) is 0. The van der Waals surface area contributed by atoms with Crippen LogP contribution in [0.15, 0.2) is 48.8 Å². The van der Waals surface area contributed by atoms with Crippen molar-refractivity contribution >= 4 is 5.65 Å². The number of hydrogen-bond donors (Lipinski definition) is 0. The maximum atomic E-state index is 12.9. The zero-order chi connectivity index (χ0) is 14.2. The number of hydrogen-bond acceptors (Lipinski definition) is 2. The van der Waals surface area contributed by atoms with Crippen molar-refractivity contribution in [3.8, 4) is 0 Å². The second-order valence-electron chi connectivity index (χ2n) is 4.41. The number of benzene rings is 1. The molecule has 0 unspecified atom stereocenters. The minimum Gasteiger partial charge on any atom is -0.231 e. The third-order valence-corrected chi connectivity index (χ3v) is 2.94. The maximum absolute atomic E-state index is 12.9. The van der Waals surface area contributed by atoms with Gasteiger partial charge in [0.25, 0.3) is 0 Å². The van der Waals surface area contributed by atoms with E-state index in [0.29, 0.717) is 12.1 Å². The molecule has 0 aliphatic rings. The first-order valence-corrected chi connectivity index (χ1v) is 5.98. The van der Waals surface area contributed by atoms with Crippen LogP contribution in [-0.2, 0) is 12.6 Å². The summed E-state index contributed by atoms with van der Waals surface area (Å²) in [6, 6.07) is 10.4. The Morgan fingerprint density at radius 1 is 1.05 bits per heavy atom. The van der Waals surface area contributed by atoms with E-state index in [1.165, 1.54) is 10.7 Å². The van der Waals surface area contributed by atoms with Gasteiger partial charge >= 0.3 is 6.18 Å². The van der Waals surface area contributed by atoms with E-state index in [4.69, 9.17) is 0 Å². The highest BCUT2D eigenvalue weighted by molar-refractivity contribution is 5.49. The molecule has 6 heteroatoms. The summed E-state index contributed by atoms with van der Waals surface area (Å²) in [5, 5.41) is 3.87. The lowest BCUT2D eigenvalue weighted by molar-refractivity contribution is -0.136. The summed E-state index contributed by atoms with van der Waals surface area (Å²) in [5.41, 5.74) is 0.614. The first kappa shape index (κ1) is 12.7. The number of nitrogens with zero attached hydrogens (tertiary/aromatic N) is 3. The molecule has 0 N–H and O–H groups in total. The monoisotopic (exact) mass is 277 g/mol. The van der Waals surface area contributed by atoms with E-state index in [2.05, 4.69) is 10.1 Å². The third kappa shape index (κ3) is 2.36. The fourth-order valence-electron chi connectivity index (χ4n) is 2.06. The summed E-state index contributed by atoms with van der Waals surface area (Å²) in [5.74, 6) is 0. The number of rotatable bonds is 2. The van der Waals surface area contributed by atoms with Crippen LogP contribution in [0.3, 0.4) is 0 Å². The molecule has 0 aliphatic heterocycles. The van der Waals surface area contributed by atoms with Crippen molar-refractivity contribution in [3.63, 3.8) is 0 Å². The third-order valence-electron chi connectivity index (χ3n) is 2.94. The lowest BCUT2D eigenvalue weighted by Gasteiger charge is -2.06. The topological polar surface area (TPSA) is 30.2 Å². The Labute approximate surface area is 112 Å². The second kappa shape index (κ2) is 4.63. The lowest BCUT2D eigenvalue weighted by atomic mass is 10.1. The van der Waals surface area contributed by atoms with Gasteiger partial charge in [-0.15, -0.1) is 0 Å². The van der Waals surface area contributed by atoms with Crippen LogP contribution in [0.2, 0.25) is 0 Å². The Hall–Kier alpha value is -2.37. The Kier molecular flexibility index (Phi) is 2.93. The molecule has 2 heterocycles. The van der Waals surface area contributed by atoms with Gasteiger partial charge in [-0.1, -0.05) is 30.3 Å². The average molecular weight is 277 g/mol. The highest BCUT2D eigenvalue weighted by Crippen LogP contribution is 2.31. The van der Waals surface area contributed by atoms with Gasteiger partial charge in [0.05, 0.1) is 11.9 Å². The van der Waals surface area contributed by atoms with Crippen molar-refractivity contribution in [2.45, 2.75) is 12.6 Å². The fourth-order valence-corrected chi connectivity index (χ4v) is 2.06. The molecule has 102 valence electrons. The summed E-state index contributed by atoms with van der Waals surface area (Å²) in [7, 11) is 0. The fraction of sp³-hybridized carbons (Fsp3) is 0.143. The van der Waals surface area contributed by atoms with Crippen LogP contribution in [0.1, 0.15) is 16.8 Å². The van der Waals surface area contributed by atoms with Gasteiger partial charge in [-0.05, 0) is 11.6 Å². The van der Waals surface area contributed by atoms with Gasteiger partial charge in [0, 0.05) is 12.6 Å². The molecule has 3 nitrogen and oxygen atoms in total. The van der Waals surface area contributed by atoms with Gasteiger partial charge in [0.2, 0.25) is 0 Å². The summed E-state index contributed by atoms with van der Waals surface area (Å²) in [6.07, 6.45) is -1.30. The van der Waals surface area contributed by atoms with E-state index in [1.807, 2.05) is 30.3 Å². The second-order valence-corrected chi connectivity index (χ2v) is 4.41. The van der Waals surface area contributed by atoms with Crippen LogP contribution in [0.5, 0.6) is 0 Å². The predicted octanol–water partition coefficient (Wildman–Crippen LogP) is 3.34. The molecule has 0 saturated heterocycles. The molecule has 3 rings (SSSR count). The van der Waals surface area contributed by atoms with E-state index in [-0.39, 0.29) is 5.65 Å². The number of halogens is 3. The molecular weight excluding hydrogens is 267 g/mol. The zero-order valence-corrected chi connectivity index (χ0v) is 10.3. The number of imidazole rings is 1. The number of fused-ring (bicyclic) bond motifs is 1. The van der Waals surface area contributed by atoms with Gasteiger partial charge in [-0.2, -0.15) is 18.3 Å². The largest absolute Gasteiger partial charge is 0.420 e. The first-order chi connectivity index (χ1) is 9.54. The molecule has 0 saturated carbocycles. The van der Waals surface area contributed by atoms with E-state index >= 15 is 0 Å². The van der Waals surface area contributed by atoms with E-state index in [1.54, 1.807) is 0 Å². The molecule has 0 amide bonds. The number of alkyl halides is 3. The summed E-state index contributed by atoms with van der Waals surface area (Å²) < 4.78 is 39.8. The van der Waals surface area contributed by atoms with Gasteiger partial charge < -0.3 is 0 Å². The van der Waals surface area contributed by atoms with Crippen molar-refractivity contribution in [1.82, 2.24) is 14.6 Å². The molecule has 0 fully saturated rings. The predicted molar refractivity (Wildman–Crippen MR) is 67.2 cm³/mol. The maximum Gasteiger partial charge on any atom is 0.420 e. The molecular formula is C14H10F3N3. The van der Waals surface area contributed by atoms with Crippen LogP contribution in [0.25, 0.3) is 5.65 Å². The van der Waals surface area contributed by atoms with E-state index < -0.39 is 11.7 Å². The smallest absolute Gasteiger partial charge is 0.231 e. The molecule has 2 aromatic heterocycles. The molecule has 0 aliphatic carbocycles. The van der Waals surface area contributed by atoms with Gasteiger partial charge in [-0.3, -0.25) is 0 Å². The SMILES string of the molecule is FC(F)(F)c1ccnn2cc(Cc3ccccc3)nc12. The van der Waals surface area contributed by atoms with Gasteiger partial charge in [0.15, 0.2) is 5.65 Å². The average Bonchev–Trinajstić information content (AvgIpc) is 2.80. The summed E-state index contributed by atoms with van der Waals surface area (Å²) in [4.78, 5) is 4.05. The Bertz CT molecular complexity index is 732. The van der Waals surface area contributed by atoms with Crippen molar-refractivity contribution in [1.29, 1.82) is 0 Å². The van der Waals surface area contributed by atoms with Crippen LogP contribution in [0, 0.1) is 0 Å². The highest BCUT2D eigenvalue weighted by atomic mass is 19.4. The molecule has 0 radical (unpaired) electrons. The molecule has 20 heavy (non-hydrogen) atoms. The quantitative estimate of drug-likeness (QED) is 0.719. The lowest BCUT2D eigenvalue weighted by Crippen LogP contribution is -2.08. The van der Waals surface area contributed by atoms with Crippen LogP contribution >= 0.6 is 0 Å². The molecule has 0 bridgehead atoms. The van der Waals surface area contributed by atoms with Crippen molar-refractivity contribution < 1.29 is 13.2 Å². The highest BCUT2D eigenvalue weighted by Gasteiger charge is 2.34. The molecule has 3 aromatic rings. The van der Waals surface area contributed by atoms with Gasteiger partial charge in [0.1, 0.15) is 5.56 Å². The van der Waals surface area contributed by atoms with Crippen molar-refractivity contribution in [2.75, 3.05) is 0 Å². The van der Waals surface area contributed by atoms with Crippen LogP contribution < -0.4 is 0 Å². The van der Waals surface area contributed by atoms with Crippen LogP contribution in [-0.4, -0.2) is 14.6 Å². The first-order valence-electron chi connectivity index (χ1n) is 5.98. The molecule has 1 aromatic carbocycles. The van der Waals surface area contributed by atoms with Gasteiger partial charge in [-0.25, -0.2) is 9.50 Å². The molecule has 0 spiro atoms. The van der Waals surface area contributed by atoms with E-state index in [0.717, 1.165) is 17.8 Å². The Morgan fingerprint density at radius 3 is 2.50 bits per heavy atom. The summed E-state index contributed by atoms with van der Waals surface area (Å²) >= 11 is 0. The molecule has 0 atom stereocenters. The Morgan fingerprint density at radius 2 is 1.80 bits per heavy atom. The van der Waals surface area contributed by atoms with E-state index in [9.17, 15) is 13.2 Å². The normalized spacial score (nSPS) is 11.9. The van der Waals surface area contributed by atoms with Crippen LogP contribution in [0.4, 0.5) is 13.2 Å². The van der Waals surface area contributed by atoms with Crippen molar-refractivity contribution in [3.05, 3.63) is 65.6 Å².